The average Bonchev–Trinajstić information content (AvgIpc) is 3.17. The number of benzene rings is 2. The molecule has 33 heavy (non-hydrogen) atoms. The molecule has 0 aromatic heterocycles. The van der Waals surface area contributed by atoms with Gasteiger partial charge in [-0.25, -0.2) is 8.42 Å². The molecule has 1 saturated carbocycles. The second kappa shape index (κ2) is 10.6. The lowest BCUT2D eigenvalue weighted by molar-refractivity contribution is 0.102. The van der Waals surface area contributed by atoms with Crippen molar-refractivity contribution >= 4 is 21.6 Å². The Kier molecular flexibility index (Phi) is 7.55. The summed E-state index contributed by atoms with van der Waals surface area (Å²) in [5.41, 5.74) is 0.821. The van der Waals surface area contributed by atoms with Crippen LogP contribution in [0.1, 0.15) is 61.7 Å². The molecule has 0 radical (unpaired) electrons. The molecule has 7 nitrogen and oxygen atoms in total. The van der Waals surface area contributed by atoms with Gasteiger partial charge in [-0.2, -0.15) is 4.31 Å². The molecule has 178 valence electrons. The average molecular weight is 473 g/mol. The summed E-state index contributed by atoms with van der Waals surface area (Å²) < 4.78 is 39.7. The molecule has 2 aliphatic rings. The van der Waals surface area contributed by atoms with Crippen molar-refractivity contribution in [3.05, 3.63) is 48.0 Å². The number of nitrogens with one attached hydrogen (secondary N) is 1. The van der Waals surface area contributed by atoms with Gasteiger partial charge in [0.2, 0.25) is 10.0 Å². The first-order valence-corrected chi connectivity index (χ1v) is 13.2. The zero-order valence-electron chi connectivity index (χ0n) is 19.1. The van der Waals surface area contributed by atoms with Crippen LogP contribution < -0.4 is 14.8 Å². The highest BCUT2D eigenvalue weighted by Crippen LogP contribution is 2.32. The number of hydrogen-bond acceptors (Lipinski definition) is 5. The molecule has 8 heteroatoms. The number of carbonyl (C=O) groups excluding carboxylic acids is 1. The molecule has 1 saturated heterocycles. The van der Waals surface area contributed by atoms with Gasteiger partial charge in [-0.1, -0.05) is 25.0 Å². The number of hydrogen-bond donors (Lipinski definition) is 1. The molecule has 1 aliphatic heterocycles. The van der Waals surface area contributed by atoms with E-state index < -0.39 is 15.9 Å². The molecule has 4 rings (SSSR count). The number of rotatable bonds is 7. The Morgan fingerprint density at radius 2 is 1.64 bits per heavy atom. The molecular formula is C25H32N2O5S. The van der Waals surface area contributed by atoms with E-state index in [0.29, 0.717) is 24.5 Å². The van der Waals surface area contributed by atoms with Crippen molar-refractivity contribution in [2.24, 2.45) is 0 Å². The van der Waals surface area contributed by atoms with E-state index in [1.807, 2.05) is 18.2 Å². The minimum atomic E-state index is -3.78. The van der Waals surface area contributed by atoms with Gasteiger partial charge in [0, 0.05) is 18.7 Å². The van der Waals surface area contributed by atoms with Crippen LogP contribution in [0.3, 0.4) is 0 Å². The lowest BCUT2D eigenvalue weighted by atomic mass is 10.2. The van der Waals surface area contributed by atoms with Gasteiger partial charge in [0.05, 0.1) is 18.9 Å². The van der Waals surface area contributed by atoms with Crippen LogP contribution in [0.2, 0.25) is 0 Å². The minimum absolute atomic E-state index is 0.0232. The molecule has 1 N–H and O–H groups in total. The molecule has 1 heterocycles. The number of para-hydroxylation sites is 2. The number of ether oxygens (including phenoxy) is 2. The zero-order chi connectivity index (χ0) is 23.3. The van der Waals surface area contributed by atoms with Crippen LogP contribution in [0.15, 0.2) is 47.4 Å². The third kappa shape index (κ3) is 5.50. The summed E-state index contributed by atoms with van der Waals surface area (Å²) in [5.74, 6) is 0.469. The van der Waals surface area contributed by atoms with Gasteiger partial charge in [-0.3, -0.25) is 4.79 Å². The molecule has 2 fully saturated rings. The Labute approximate surface area is 196 Å². The van der Waals surface area contributed by atoms with Crippen molar-refractivity contribution < 1.29 is 22.7 Å². The number of amides is 1. The van der Waals surface area contributed by atoms with E-state index in [0.717, 1.165) is 51.4 Å². The number of sulfonamides is 1. The summed E-state index contributed by atoms with van der Waals surface area (Å²) in [4.78, 5) is 13.1. The van der Waals surface area contributed by atoms with Gasteiger partial charge in [0.1, 0.15) is 16.4 Å². The van der Waals surface area contributed by atoms with Crippen molar-refractivity contribution in [3.8, 4) is 11.5 Å². The molecule has 0 atom stereocenters. The third-order valence-corrected chi connectivity index (χ3v) is 8.26. The van der Waals surface area contributed by atoms with Crippen molar-refractivity contribution in [2.75, 3.05) is 25.5 Å². The monoisotopic (exact) mass is 472 g/mol. The van der Waals surface area contributed by atoms with Gasteiger partial charge in [0.15, 0.2) is 0 Å². The summed E-state index contributed by atoms with van der Waals surface area (Å²) in [6.07, 6.45) is 8.20. The van der Waals surface area contributed by atoms with E-state index in [2.05, 4.69) is 5.32 Å². The normalized spacial score (nSPS) is 18.0. The number of anilines is 1. The minimum Gasteiger partial charge on any atom is -0.495 e. The van der Waals surface area contributed by atoms with Crippen LogP contribution in [0.25, 0.3) is 0 Å². The van der Waals surface area contributed by atoms with Crippen LogP contribution in [0.5, 0.6) is 11.5 Å². The smallest absolute Gasteiger partial charge is 0.255 e. The quantitative estimate of drug-likeness (QED) is 0.624. The maximum atomic E-state index is 13.4. The molecule has 0 spiro atoms. The van der Waals surface area contributed by atoms with Crippen molar-refractivity contribution in [2.45, 2.75) is 62.4 Å². The first-order chi connectivity index (χ1) is 16.0. The largest absolute Gasteiger partial charge is 0.495 e. The summed E-state index contributed by atoms with van der Waals surface area (Å²) >= 11 is 0. The fraction of sp³-hybridized carbons (Fsp3) is 0.480. The lowest BCUT2D eigenvalue weighted by Gasteiger charge is -2.22. The Morgan fingerprint density at radius 3 is 2.33 bits per heavy atom. The molecule has 2 aromatic carbocycles. The van der Waals surface area contributed by atoms with Gasteiger partial charge in [-0.15, -0.1) is 0 Å². The summed E-state index contributed by atoms with van der Waals surface area (Å²) in [7, 11) is -2.34. The van der Waals surface area contributed by atoms with E-state index in [4.69, 9.17) is 9.47 Å². The third-order valence-electron chi connectivity index (χ3n) is 6.34. The first kappa shape index (κ1) is 23.6. The number of carbonyl (C=O) groups is 1. The number of methoxy groups -OCH3 is 1. The Morgan fingerprint density at radius 1 is 0.939 bits per heavy atom. The van der Waals surface area contributed by atoms with Crippen molar-refractivity contribution in [3.63, 3.8) is 0 Å². The van der Waals surface area contributed by atoms with E-state index in [1.54, 1.807) is 18.2 Å². The van der Waals surface area contributed by atoms with Crippen LogP contribution in [0.4, 0.5) is 5.69 Å². The predicted octanol–water partition coefficient (Wildman–Crippen LogP) is 4.83. The Bertz CT molecular complexity index is 1070. The predicted molar refractivity (Wildman–Crippen MR) is 128 cm³/mol. The Balaban J connectivity index is 1.58. The van der Waals surface area contributed by atoms with Gasteiger partial charge in [-0.05, 0) is 68.9 Å². The highest BCUT2D eigenvalue weighted by atomic mass is 32.2. The second-order valence-corrected chi connectivity index (χ2v) is 10.6. The van der Waals surface area contributed by atoms with Crippen LogP contribution in [0, 0.1) is 0 Å². The van der Waals surface area contributed by atoms with Crippen molar-refractivity contribution in [1.29, 1.82) is 0 Å². The number of nitrogens with zero attached hydrogens (tertiary/aromatic N) is 1. The van der Waals surface area contributed by atoms with E-state index in [-0.39, 0.29) is 22.3 Å². The SMILES string of the molecule is COc1ccc(C(=O)Nc2ccccc2OC2CCCC2)cc1S(=O)(=O)N1CCCCCC1. The highest BCUT2D eigenvalue weighted by molar-refractivity contribution is 7.89. The maximum absolute atomic E-state index is 13.4. The molecular weight excluding hydrogens is 440 g/mol. The fourth-order valence-corrected chi connectivity index (χ4v) is 6.19. The van der Waals surface area contributed by atoms with E-state index in [9.17, 15) is 13.2 Å². The topological polar surface area (TPSA) is 84.9 Å². The molecule has 1 amide bonds. The summed E-state index contributed by atoms with van der Waals surface area (Å²) in [5, 5.41) is 2.89. The fourth-order valence-electron chi connectivity index (χ4n) is 4.49. The van der Waals surface area contributed by atoms with Crippen LogP contribution in [-0.2, 0) is 10.0 Å². The lowest BCUT2D eigenvalue weighted by Crippen LogP contribution is -2.32. The molecule has 1 aliphatic carbocycles. The van der Waals surface area contributed by atoms with Gasteiger partial charge < -0.3 is 14.8 Å². The van der Waals surface area contributed by atoms with Crippen molar-refractivity contribution in [1.82, 2.24) is 4.31 Å². The standard InChI is InChI=1S/C25H32N2O5S/c1-31-23-15-14-19(18-24(23)33(29,30)27-16-8-2-3-9-17-27)25(28)26-21-12-6-7-13-22(21)32-20-10-4-5-11-20/h6-7,12-15,18,20H,2-5,8-11,16-17H2,1H3,(H,26,28). The summed E-state index contributed by atoms with van der Waals surface area (Å²) in [6.45, 7) is 0.960. The van der Waals surface area contributed by atoms with E-state index in [1.165, 1.54) is 17.5 Å². The van der Waals surface area contributed by atoms with Gasteiger partial charge >= 0.3 is 0 Å². The molecule has 0 unspecified atom stereocenters. The summed E-state index contributed by atoms with van der Waals surface area (Å²) in [6, 6.07) is 11.9. The van der Waals surface area contributed by atoms with E-state index >= 15 is 0 Å². The maximum Gasteiger partial charge on any atom is 0.255 e. The van der Waals surface area contributed by atoms with Crippen LogP contribution in [-0.4, -0.2) is 44.9 Å². The first-order valence-electron chi connectivity index (χ1n) is 11.7. The Hall–Kier alpha value is -2.58. The molecule has 0 bridgehead atoms. The zero-order valence-corrected chi connectivity index (χ0v) is 19.9. The second-order valence-electron chi connectivity index (χ2n) is 8.66. The van der Waals surface area contributed by atoms with Crippen LogP contribution >= 0.6 is 0 Å². The molecule has 2 aromatic rings. The highest BCUT2D eigenvalue weighted by Gasteiger charge is 2.29. The van der Waals surface area contributed by atoms with Gasteiger partial charge in [0.25, 0.3) is 5.91 Å².